The molecule has 1 unspecified atom stereocenters. The van der Waals surface area contributed by atoms with Crippen molar-refractivity contribution >= 4 is 21.4 Å². The van der Waals surface area contributed by atoms with E-state index in [1.807, 2.05) is 0 Å². The van der Waals surface area contributed by atoms with Gasteiger partial charge in [0.1, 0.15) is 0 Å². The van der Waals surface area contributed by atoms with Crippen molar-refractivity contribution in [3.8, 4) is 0 Å². The van der Waals surface area contributed by atoms with E-state index in [2.05, 4.69) is 16.8 Å². The molecule has 6 heteroatoms. The Morgan fingerprint density at radius 3 is 3.17 bits per heavy atom. The Balaban J connectivity index is 1.71. The Morgan fingerprint density at radius 2 is 2.39 bits per heavy atom. The van der Waals surface area contributed by atoms with Crippen LogP contribution in [0.2, 0.25) is 0 Å². The summed E-state index contributed by atoms with van der Waals surface area (Å²) in [5, 5.41) is 5.32. The molecule has 1 aromatic heterocycles. The molecule has 1 saturated heterocycles. The molecular formula is C12H18N2O2S2. The van der Waals surface area contributed by atoms with Crippen LogP contribution >= 0.6 is 11.3 Å². The van der Waals surface area contributed by atoms with Gasteiger partial charge >= 0.3 is 0 Å². The molecule has 18 heavy (non-hydrogen) atoms. The van der Waals surface area contributed by atoms with Crippen molar-refractivity contribution in [2.45, 2.75) is 31.8 Å². The van der Waals surface area contributed by atoms with Gasteiger partial charge in [0, 0.05) is 24.0 Å². The number of thiophene rings is 1. The summed E-state index contributed by atoms with van der Waals surface area (Å²) in [5.41, 5.74) is 1.19. The van der Waals surface area contributed by atoms with Gasteiger partial charge in [-0.25, -0.2) is 8.42 Å². The summed E-state index contributed by atoms with van der Waals surface area (Å²) in [7, 11) is -3.11. The molecule has 3 rings (SSSR count). The number of hydrogen-bond donors (Lipinski definition) is 1. The van der Waals surface area contributed by atoms with Crippen molar-refractivity contribution in [1.29, 1.82) is 0 Å². The van der Waals surface area contributed by atoms with Crippen LogP contribution in [0.1, 0.15) is 23.3 Å². The van der Waals surface area contributed by atoms with Gasteiger partial charge in [-0.2, -0.15) is 4.31 Å². The third kappa shape index (κ3) is 2.47. The Morgan fingerprint density at radius 1 is 1.50 bits per heavy atom. The zero-order valence-corrected chi connectivity index (χ0v) is 11.9. The number of sulfonamides is 1. The molecular weight excluding hydrogens is 268 g/mol. The molecule has 0 saturated carbocycles. The second kappa shape index (κ2) is 4.92. The highest BCUT2D eigenvalue weighted by Crippen LogP contribution is 2.26. The summed E-state index contributed by atoms with van der Waals surface area (Å²) in [6.45, 7) is 2.16. The monoisotopic (exact) mass is 286 g/mol. The van der Waals surface area contributed by atoms with E-state index >= 15 is 0 Å². The Bertz CT molecular complexity index is 518. The van der Waals surface area contributed by atoms with Crippen LogP contribution in [0.15, 0.2) is 11.4 Å². The molecule has 0 radical (unpaired) electrons. The molecule has 0 aliphatic carbocycles. The van der Waals surface area contributed by atoms with Gasteiger partial charge in [0.2, 0.25) is 10.0 Å². The van der Waals surface area contributed by atoms with Crippen LogP contribution < -0.4 is 5.32 Å². The van der Waals surface area contributed by atoms with Crippen molar-refractivity contribution < 1.29 is 8.42 Å². The topological polar surface area (TPSA) is 49.4 Å². The predicted octanol–water partition coefficient (Wildman–Crippen LogP) is 1.19. The van der Waals surface area contributed by atoms with Crippen molar-refractivity contribution in [3.63, 3.8) is 0 Å². The van der Waals surface area contributed by atoms with Gasteiger partial charge in [0.25, 0.3) is 0 Å². The third-order valence-electron chi connectivity index (χ3n) is 3.74. The fraction of sp³-hybridized carbons (Fsp3) is 0.667. The van der Waals surface area contributed by atoms with Crippen LogP contribution in [0.5, 0.6) is 0 Å². The fourth-order valence-corrected chi connectivity index (χ4v) is 5.32. The average molecular weight is 286 g/mol. The zero-order valence-electron chi connectivity index (χ0n) is 10.3. The van der Waals surface area contributed by atoms with Crippen molar-refractivity contribution in [2.24, 2.45) is 0 Å². The molecule has 2 aliphatic heterocycles. The molecule has 0 aromatic carbocycles. The molecule has 100 valence electrons. The summed E-state index contributed by atoms with van der Waals surface area (Å²) >= 11 is 1.74. The second-order valence-corrected chi connectivity index (χ2v) is 8.04. The predicted molar refractivity (Wildman–Crippen MR) is 73.2 cm³/mol. The van der Waals surface area contributed by atoms with Gasteiger partial charge in [-0.05, 0) is 42.8 Å². The summed E-state index contributed by atoms with van der Waals surface area (Å²) in [4.78, 5) is 1.35. The second-order valence-electron chi connectivity index (χ2n) is 5.02. The van der Waals surface area contributed by atoms with Crippen molar-refractivity contribution in [3.05, 3.63) is 21.9 Å². The minimum Gasteiger partial charge on any atom is -0.313 e. The number of rotatable bonds is 3. The van der Waals surface area contributed by atoms with E-state index in [-0.39, 0.29) is 11.8 Å². The highest BCUT2D eigenvalue weighted by molar-refractivity contribution is 7.89. The minimum atomic E-state index is -3.11. The maximum Gasteiger partial charge on any atom is 0.215 e. The van der Waals surface area contributed by atoms with E-state index < -0.39 is 10.0 Å². The first-order valence-corrected chi connectivity index (χ1v) is 8.90. The van der Waals surface area contributed by atoms with Crippen LogP contribution in [0, 0.1) is 0 Å². The van der Waals surface area contributed by atoms with E-state index in [1.54, 1.807) is 15.6 Å². The molecule has 1 atom stereocenters. The molecule has 4 nitrogen and oxygen atoms in total. The maximum atomic E-state index is 12.4. The smallest absolute Gasteiger partial charge is 0.215 e. The Labute approximate surface area is 112 Å². The number of hydrogen-bond acceptors (Lipinski definition) is 4. The average Bonchev–Trinajstić information content (AvgIpc) is 2.97. The van der Waals surface area contributed by atoms with E-state index in [1.165, 1.54) is 10.4 Å². The zero-order chi connectivity index (χ0) is 12.6. The molecule has 2 aliphatic rings. The lowest BCUT2D eigenvalue weighted by atomic mass is 10.1. The molecule has 1 N–H and O–H groups in total. The van der Waals surface area contributed by atoms with E-state index in [0.29, 0.717) is 13.1 Å². The number of fused-ring (bicyclic) bond motifs is 1. The van der Waals surface area contributed by atoms with Crippen molar-refractivity contribution in [2.75, 3.05) is 18.8 Å². The SMILES string of the molecule is O=S(=O)(CC1CCCN1)N1CCc2sccc2C1. The Kier molecular flexibility index (Phi) is 3.44. The van der Waals surface area contributed by atoms with Gasteiger partial charge in [0.05, 0.1) is 5.75 Å². The van der Waals surface area contributed by atoms with Crippen molar-refractivity contribution in [1.82, 2.24) is 9.62 Å². The quantitative estimate of drug-likeness (QED) is 0.908. The molecule has 0 bridgehead atoms. The summed E-state index contributed by atoms with van der Waals surface area (Å²) in [5.74, 6) is 0.256. The molecule has 0 amide bonds. The highest BCUT2D eigenvalue weighted by atomic mass is 32.2. The van der Waals surface area contributed by atoms with Gasteiger partial charge in [0.15, 0.2) is 0 Å². The van der Waals surface area contributed by atoms with Gasteiger partial charge in [-0.15, -0.1) is 11.3 Å². The molecule has 1 aromatic rings. The lowest BCUT2D eigenvalue weighted by molar-refractivity contribution is 0.391. The maximum absolute atomic E-state index is 12.4. The third-order valence-corrected chi connectivity index (χ3v) is 6.69. The first kappa shape index (κ1) is 12.6. The van der Waals surface area contributed by atoms with Crippen LogP contribution in [0.4, 0.5) is 0 Å². The normalized spacial score (nSPS) is 25.2. The molecule has 3 heterocycles. The van der Waals surface area contributed by atoms with Crippen LogP contribution in [0.25, 0.3) is 0 Å². The van der Waals surface area contributed by atoms with E-state index in [9.17, 15) is 8.42 Å². The summed E-state index contributed by atoms with van der Waals surface area (Å²) in [6.07, 6.45) is 2.94. The standard InChI is InChI=1S/C12H18N2O2S2/c15-18(16,9-11-2-1-5-13-11)14-6-3-12-10(8-14)4-7-17-12/h4,7,11,13H,1-3,5-6,8-9H2. The van der Waals surface area contributed by atoms with Crippen LogP contribution in [-0.4, -0.2) is 37.6 Å². The lowest BCUT2D eigenvalue weighted by Crippen LogP contribution is -2.41. The van der Waals surface area contributed by atoms with Gasteiger partial charge in [-0.3, -0.25) is 0 Å². The highest BCUT2D eigenvalue weighted by Gasteiger charge is 2.30. The lowest BCUT2D eigenvalue weighted by Gasteiger charge is -2.27. The first-order chi connectivity index (χ1) is 8.65. The molecule has 1 fully saturated rings. The summed E-state index contributed by atoms with van der Waals surface area (Å²) < 4.78 is 26.4. The van der Waals surface area contributed by atoms with Crippen LogP contribution in [-0.2, 0) is 23.0 Å². The largest absolute Gasteiger partial charge is 0.313 e. The summed E-state index contributed by atoms with van der Waals surface area (Å²) in [6, 6.07) is 2.20. The number of nitrogens with one attached hydrogen (secondary N) is 1. The van der Waals surface area contributed by atoms with Crippen LogP contribution in [0.3, 0.4) is 0 Å². The first-order valence-electron chi connectivity index (χ1n) is 6.41. The Hall–Kier alpha value is -0.430. The van der Waals surface area contributed by atoms with Gasteiger partial charge < -0.3 is 5.32 Å². The fourth-order valence-electron chi connectivity index (χ4n) is 2.72. The van der Waals surface area contributed by atoms with E-state index in [0.717, 1.165) is 25.8 Å². The van der Waals surface area contributed by atoms with Gasteiger partial charge in [-0.1, -0.05) is 0 Å². The molecule has 0 spiro atoms. The number of nitrogens with zero attached hydrogens (tertiary/aromatic N) is 1. The van der Waals surface area contributed by atoms with E-state index in [4.69, 9.17) is 0 Å². The minimum absolute atomic E-state index is 0.152.